The Labute approximate surface area is 188 Å². The Balaban J connectivity index is 1.57. The second kappa shape index (κ2) is 10.5. The molecule has 2 N–H and O–H groups in total. The lowest BCUT2D eigenvalue weighted by Gasteiger charge is -2.13. The van der Waals surface area contributed by atoms with Crippen LogP contribution in [-0.4, -0.2) is 26.6 Å². The lowest BCUT2D eigenvalue weighted by molar-refractivity contribution is 0.0957. The Morgan fingerprint density at radius 3 is 2.39 bits per heavy atom. The van der Waals surface area contributed by atoms with Crippen LogP contribution in [0.25, 0.3) is 0 Å². The van der Waals surface area contributed by atoms with Gasteiger partial charge in [0.15, 0.2) is 0 Å². The molecule has 0 heterocycles. The topological polar surface area (TPSA) is 75.3 Å². The monoisotopic (exact) mass is 454 g/mol. The van der Waals surface area contributed by atoms with Crippen LogP contribution in [0.1, 0.15) is 27.0 Å². The van der Waals surface area contributed by atoms with Gasteiger partial charge >= 0.3 is 0 Å². The first-order chi connectivity index (χ1) is 14.8. The van der Waals surface area contributed by atoms with Gasteiger partial charge in [-0.15, -0.1) is 0 Å². The SMILES string of the molecule is Cc1ccc(S(=O)(=O)Nc2ccccc2C(=O)NCCSCc2cccc(C)c2)cc1. The van der Waals surface area contributed by atoms with Crippen LogP contribution in [-0.2, 0) is 15.8 Å². The molecule has 0 aliphatic heterocycles. The number of thioether (sulfide) groups is 1. The van der Waals surface area contributed by atoms with E-state index >= 15 is 0 Å². The summed E-state index contributed by atoms with van der Waals surface area (Å²) >= 11 is 1.74. The van der Waals surface area contributed by atoms with Crippen molar-refractivity contribution >= 4 is 33.4 Å². The molecular formula is C24H26N2O3S2. The van der Waals surface area contributed by atoms with Crippen LogP contribution in [0.15, 0.2) is 77.7 Å². The van der Waals surface area contributed by atoms with Gasteiger partial charge in [0.05, 0.1) is 16.1 Å². The number of anilines is 1. The molecule has 0 atom stereocenters. The second-order valence-corrected chi connectivity index (χ2v) is 10.0. The molecular weight excluding hydrogens is 428 g/mol. The molecule has 0 radical (unpaired) electrons. The van der Waals surface area contributed by atoms with E-state index in [4.69, 9.17) is 0 Å². The van der Waals surface area contributed by atoms with Crippen LogP contribution in [0.2, 0.25) is 0 Å². The summed E-state index contributed by atoms with van der Waals surface area (Å²) in [6, 6.07) is 21.5. The number of aryl methyl sites for hydroxylation is 2. The Hall–Kier alpha value is -2.77. The first-order valence-corrected chi connectivity index (χ1v) is 12.6. The van der Waals surface area contributed by atoms with Gasteiger partial charge in [-0.05, 0) is 43.7 Å². The minimum Gasteiger partial charge on any atom is -0.351 e. The quantitative estimate of drug-likeness (QED) is 0.457. The zero-order valence-electron chi connectivity index (χ0n) is 17.6. The summed E-state index contributed by atoms with van der Waals surface area (Å²) in [5, 5.41) is 2.88. The molecule has 5 nitrogen and oxygen atoms in total. The first kappa shape index (κ1) is 22.9. The number of nitrogens with one attached hydrogen (secondary N) is 2. The van der Waals surface area contributed by atoms with Crippen molar-refractivity contribution in [3.63, 3.8) is 0 Å². The number of carbonyl (C=O) groups excluding carboxylic acids is 1. The Kier molecular flexibility index (Phi) is 7.76. The summed E-state index contributed by atoms with van der Waals surface area (Å²) in [6.07, 6.45) is 0. The highest BCUT2D eigenvalue weighted by Crippen LogP contribution is 2.20. The largest absolute Gasteiger partial charge is 0.351 e. The Morgan fingerprint density at radius 1 is 0.903 bits per heavy atom. The zero-order chi connectivity index (χ0) is 22.3. The number of amides is 1. The highest BCUT2D eigenvalue weighted by atomic mass is 32.2. The van der Waals surface area contributed by atoms with Crippen LogP contribution in [0.5, 0.6) is 0 Å². The summed E-state index contributed by atoms with van der Waals surface area (Å²) in [7, 11) is -3.78. The van der Waals surface area contributed by atoms with E-state index < -0.39 is 10.0 Å². The fourth-order valence-electron chi connectivity index (χ4n) is 3.02. The lowest BCUT2D eigenvalue weighted by Crippen LogP contribution is -2.27. The van der Waals surface area contributed by atoms with Crippen molar-refractivity contribution in [3.05, 3.63) is 95.1 Å². The van der Waals surface area contributed by atoms with E-state index in [1.807, 2.05) is 13.0 Å². The van der Waals surface area contributed by atoms with Gasteiger partial charge in [-0.1, -0.05) is 59.7 Å². The maximum atomic E-state index is 12.7. The molecule has 3 aromatic rings. The first-order valence-electron chi connectivity index (χ1n) is 9.95. The maximum absolute atomic E-state index is 12.7. The molecule has 0 aliphatic rings. The Morgan fingerprint density at radius 2 is 1.65 bits per heavy atom. The molecule has 0 unspecified atom stereocenters. The molecule has 162 valence electrons. The third-order valence-electron chi connectivity index (χ3n) is 4.63. The molecule has 31 heavy (non-hydrogen) atoms. The minimum absolute atomic E-state index is 0.154. The van der Waals surface area contributed by atoms with Crippen molar-refractivity contribution in [3.8, 4) is 0 Å². The standard InChI is InChI=1S/C24H26N2O3S2/c1-18-10-12-21(13-11-18)31(28,29)26-23-9-4-3-8-22(23)24(27)25-14-15-30-17-20-7-5-6-19(2)16-20/h3-13,16,26H,14-15,17H2,1-2H3,(H,25,27). The smallest absolute Gasteiger partial charge is 0.261 e. The molecule has 3 rings (SSSR count). The summed E-state index contributed by atoms with van der Waals surface area (Å²) in [5.74, 6) is 1.33. The molecule has 0 saturated carbocycles. The number of hydrogen-bond acceptors (Lipinski definition) is 4. The fourth-order valence-corrected chi connectivity index (χ4v) is 4.90. The van der Waals surface area contributed by atoms with Crippen LogP contribution in [0.4, 0.5) is 5.69 Å². The van der Waals surface area contributed by atoms with Gasteiger partial charge in [0.2, 0.25) is 0 Å². The predicted octanol–water partition coefficient (Wildman–Crippen LogP) is 4.77. The average molecular weight is 455 g/mol. The fraction of sp³-hybridized carbons (Fsp3) is 0.208. The van der Waals surface area contributed by atoms with Gasteiger partial charge in [0, 0.05) is 18.1 Å². The van der Waals surface area contributed by atoms with E-state index in [-0.39, 0.29) is 16.5 Å². The molecule has 0 aromatic heterocycles. The number of sulfonamides is 1. The Bertz CT molecular complexity index is 1140. The number of benzene rings is 3. The molecule has 0 spiro atoms. The van der Waals surface area contributed by atoms with Crippen LogP contribution >= 0.6 is 11.8 Å². The molecule has 0 saturated heterocycles. The summed E-state index contributed by atoms with van der Waals surface area (Å²) in [6.45, 7) is 4.45. The van der Waals surface area contributed by atoms with E-state index in [0.29, 0.717) is 12.1 Å². The van der Waals surface area contributed by atoms with Crippen LogP contribution in [0.3, 0.4) is 0 Å². The predicted molar refractivity (Wildman–Crippen MR) is 128 cm³/mol. The molecule has 1 amide bonds. The maximum Gasteiger partial charge on any atom is 0.261 e. The normalized spacial score (nSPS) is 11.2. The molecule has 7 heteroatoms. The van der Waals surface area contributed by atoms with Gasteiger partial charge < -0.3 is 5.32 Å². The van der Waals surface area contributed by atoms with Crippen LogP contribution in [0, 0.1) is 13.8 Å². The van der Waals surface area contributed by atoms with Gasteiger partial charge in [0.1, 0.15) is 0 Å². The van der Waals surface area contributed by atoms with Gasteiger partial charge in [0.25, 0.3) is 15.9 Å². The highest BCUT2D eigenvalue weighted by Gasteiger charge is 2.18. The zero-order valence-corrected chi connectivity index (χ0v) is 19.2. The number of rotatable bonds is 9. The van der Waals surface area contributed by atoms with Crippen molar-refractivity contribution in [2.75, 3.05) is 17.0 Å². The van der Waals surface area contributed by atoms with Crippen molar-refractivity contribution < 1.29 is 13.2 Å². The van der Waals surface area contributed by atoms with Crippen molar-refractivity contribution in [2.45, 2.75) is 24.5 Å². The summed E-state index contributed by atoms with van der Waals surface area (Å²) < 4.78 is 27.9. The van der Waals surface area contributed by atoms with Gasteiger partial charge in [-0.2, -0.15) is 11.8 Å². The lowest BCUT2D eigenvalue weighted by atomic mass is 10.2. The number of carbonyl (C=O) groups is 1. The van der Waals surface area contributed by atoms with Crippen LogP contribution < -0.4 is 10.0 Å². The van der Waals surface area contributed by atoms with E-state index in [0.717, 1.165) is 17.1 Å². The molecule has 3 aromatic carbocycles. The molecule has 0 bridgehead atoms. The molecule has 0 fully saturated rings. The van der Waals surface area contributed by atoms with E-state index in [9.17, 15) is 13.2 Å². The minimum atomic E-state index is -3.78. The average Bonchev–Trinajstić information content (AvgIpc) is 2.74. The van der Waals surface area contributed by atoms with Gasteiger partial charge in [-0.3, -0.25) is 9.52 Å². The van der Waals surface area contributed by atoms with E-state index in [1.165, 1.54) is 11.1 Å². The van der Waals surface area contributed by atoms with Gasteiger partial charge in [-0.25, -0.2) is 8.42 Å². The number of hydrogen-bond donors (Lipinski definition) is 2. The van der Waals surface area contributed by atoms with E-state index in [1.54, 1.807) is 60.3 Å². The van der Waals surface area contributed by atoms with E-state index in [2.05, 4.69) is 35.2 Å². The second-order valence-electron chi connectivity index (χ2n) is 7.26. The summed E-state index contributed by atoms with van der Waals surface area (Å²) in [5.41, 5.74) is 4.01. The van der Waals surface area contributed by atoms with Crippen molar-refractivity contribution in [1.29, 1.82) is 0 Å². The third-order valence-corrected chi connectivity index (χ3v) is 7.04. The van der Waals surface area contributed by atoms with Crippen molar-refractivity contribution in [2.24, 2.45) is 0 Å². The van der Waals surface area contributed by atoms with Crippen molar-refractivity contribution in [1.82, 2.24) is 5.32 Å². The third kappa shape index (κ3) is 6.60. The summed E-state index contributed by atoms with van der Waals surface area (Å²) in [4.78, 5) is 12.8. The highest BCUT2D eigenvalue weighted by molar-refractivity contribution is 7.98. The number of para-hydroxylation sites is 1. The molecule has 0 aliphatic carbocycles.